The summed E-state index contributed by atoms with van der Waals surface area (Å²) >= 11 is 0. The molecule has 0 aliphatic carbocycles. The summed E-state index contributed by atoms with van der Waals surface area (Å²) in [4.78, 5) is 26.3. The van der Waals surface area contributed by atoms with Crippen molar-refractivity contribution in [2.24, 2.45) is 0 Å². The van der Waals surface area contributed by atoms with Crippen LogP contribution >= 0.6 is 0 Å². The van der Waals surface area contributed by atoms with Gasteiger partial charge in [-0.15, -0.1) is 0 Å². The molecule has 2 amide bonds. The zero-order valence-corrected chi connectivity index (χ0v) is 14.5. The van der Waals surface area contributed by atoms with E-state index in [0.717, 1.165) is 11.6 Å². The lowest BCUT2D eigenvalue weighted by molar-refractivity contribution is 0.0693. The summed E-state index contributed by atoms with van der Waals surface area (Å²) in [5.74, 6) is -2.15. The molecule has 0 aromatic heterocycles. The van der Waals surface area contributed by atoms with Crippen molar-refractivity contribution in [2.75, 3.05) is 13.1 Å². The summed E-state index contributed by atoms with van der Waals surface area (Å²) in [5.41, 5.74) is 1.41. The second-order valence-electron chi connectivity index (χ2n) is 6.48. The molecule has 136 valence electrons. The van der Waals surface area contributed by atoms with Crippen LogP contribution in [0.1, 0.15) is 39.1 Å². The molecule has 0 radical (unpaired) electrons. The highest BCUT2D eigenvalue weighted by Gasteiger charge is 2.26. The molecule has 4 nitrogen and oxygen atoms in total. The molecule has 1 aliphatic heterocycles. The quantitative estimate of drug-likeness (QED) is 0.915. The van der Waals surface area contributed by atoms with E-state index in [9.17, 15) is 18.4 Å². The number of amides is 2. The number of halogens is 2. The summed E-state index contributed by atoms with van der Waals surface area (Å²) in [7, 11) is 0. The van der Waals surface area contributed by atoms with Gasteiger partial charge in [0, 0.05) is 30.8 Å². The van der Waals surface area contributed by atoms with Crippen molar-refractivity contribution in [3.05, 3.63) is 70.8 Å². The molecule has 2 aromatic rings. The predicted molar refractivity (Wildman–Crippen MR) is 93.9 cm³/mol. The third kappa shape index (κ3) is 3.90. The minimum atomic E-state index is -0.857. The number of carbonyl (C=O) groups excluding carboxylic acids is 2. The van der Waals surface area contributed by atoms with Gasteiger partial charge in [0.2, 0.25) is 0 Å². The van der Waals surface area contributed by atoms with Crippen molar-refractivity contribution in [3.63, 3.8) is 0 Å². The van der Waals surface area contributed by atoms with Gasteiger partial charge in [-0.05, 0) is 43.5 Å². The monoisotopic (exact) mass is 358 g/mol. The number of nitrogens with zero attached hydrogens (tertiary/aromatic N) is 1. The van der Waals surface area contributed by atoms with E-state index in [1.807, 2.05) is 25.1 Å². The Morgan fingerprint density at radius 1 is 1.04 bits per heavy atom. The summed E-state index contributed by atoms with van der Waals surface area (Å²) in [6.45, 7) is 2.70. The molecule has 26 heavy (non-hydrogen) atoms. The van der Waals surface area contributed by atoms with Gasteiger partial charge in [-0.25, -0.2) is 8.78 Å². The molecule has 0 bridgehead atoms. The SMILES string of the molecule is Cc1ccccc1C(=O)NC1CCN(C(=O)c2ccc(F)cc2F)CC1. The first kappa shape index (κ1) is 18.0. The zero-order valence-electron chi connectivity index (χ0n) is 14.5. The highest BCUT2D eigenvalue weighted by atomic mass is 19.1. The Balaban J connectivity index is 1.58. The fourth-order valence-corrected chi connectivity index (χ4v) is 3.15. The van der Waals surface area contributed by atoms with E-state index >= 15 is 0 Å². The smallest absolute Gasteiger partial charge is 0.256 e. The number of benzene rings is 2. The van der Waals surface area contributed by atoms with Crippen LogP contribution in [0.4, 0.5) is 8.78 Å². The molecule has 1 aliphatic rings. The second kappa shape index (κ2) is 7.64. The van der Waals surface area contributed by atoms with Gasteiger partial charge in [0.1, 0.15) is 11.6 Å². The zero-order chi connectivity index (χ0) is 18.7. The fraction of sp³-hybridized carbons (Fsp3) is 0.300. The topological polar surface area (TPSA) is 49.4 Å². The number of piperidine rings is 1. The number of carbonyl (C=O) groups is 2. The van der Waals surface area contributed by atoms with E-state index in [4.69, 9.17) is 0 Å². The molecule has 6 heteroatoms. The van der Waals surface area contributed by atoms with Crippen LogP contribution in [0.2, 0.25) is 0 Å². The molecule has 0 saturated carbocycles. The Morgan fingerprint density at radius 3 is 2.38 bits per heavy atom. The number of hydrogen-bond donors (Lipinski definition) is 1. The van der Waals surface area contributed by atoms with Gasteiger partial charge in [-0.1, -0.05) is 18.2 Å². The predicted octanol–water partition coefficient (Wildman–Crippen LogP) is 3.31. The summed E-state index contributed by atoms with van der Waals surface area (Å²) in [5, 5.41) is 2.99. The number of likely N-dealkylation sites (tertiary alicyclic amines) is 1. The van der Waals surface area contributed by atoms with Crippen molar-refractivity contribution in [1.29, 1.82) is 0 Å². The average molecular weight is 358 g/mol. The van der Waals surface area contributed by atoms with Gasteiger partial charge in [-0.3, -0.25) is 9.59 Å². The van der Waals surface area contributed by atoms with Crippen LogP contribution in [0.3, 0.4) is 0 Å². The maximum Gasteiger partial charge on any atom is 0.256 e. The van der Waals surface area contributed by atoms with Crippen LogP contribution in [0, 0.1) is 18.6 Å². The second-order valence-corrected chi connectivity index (χ2v) is 6.48. The van der Waals surface area contributed by atoms with Crippen molar-refractivity contribution in [1.82, 2.24) is 10.2 Å². The van der Waals surface area contributed by atoms with E-state index in [-0.39, 0.29) is 17.5 Å². The minimum Gasteiger partial charge on any atom is -0.349 e. The molecule has 1 heterocycles. The van der Waals surface area contributed by atoms with Crippen molar-refractivity contribution in [2.45, 2.75) is 25.8 Å². The molecular formula is C20H20F2N2O2. The molecular weight excluding hydrogens is 338 g/mol. The van der Waals surface area contributed by atoms with Gasteiger partial charge in [0.25, 0.3) is 11.8 Å². The van der Waals surface area contributed by atoms with Crippen molar-refractivity contribution in [3.8, 4) is 0 Å². The highest BCUT2D eigenvalue weighted by Crippen LogP contribution is 2.17. The average Bonchev–Trinajstić information content (AvgIpc) is 2.62. The molecule has 3 rings (SSSR count). The summed E-state index contributed by atoms with van der Waals surface area (Å²) in [6, 6.07) is 10.3. The van der Waals surface area contributed by atoms with E-state index in [1.165, 1.54) is 11.0 Å². The molecule has 0 atom stereocenters. The first-order chi connectivity index (χ1) is 12.5. The van der Waals surface area contributed by atoms with Gasteiger partial charge < -0.3 is 10.2 Å². The van der Waals surface area contributed by atoms with Crippen LogP contribution in [0.15, 0.2) is 42.5 Å². The lowest BCUT2D eigenvalue weighted by Gasteiger charge is -2.32. The van der Waals surface area contributed by atoms with Crippen molar-refractivity contribution < 1.29 is 18.4 Å². The third-order valence-electron chi connectivity index (χ3n) is 4.67. The molecule has 0 unspecified atom stereocenters. The summed E-state index contributed by atoms with van der Waals surface area (Å²) < 4.78 is 26.8. The molecule has 0 spiro atoms. The summed E-state index contributed by atoms with van der Waals surface area (Å²) in [6.07, 6.45) is 1.18. The number of hydrogen-bond acceptors (Lipinski definition) is 2. The lowest BCUT2D eigenvalue weighted by atomic mass is 10.0. The standard InChI is InChI=1S/C20H20F2N2O2/c1-13-4-2-3-5-16(13)19(25)23-15-8-10-24(11-9-15)20(26)17-7-6-14(21)12-18(17)22/h2-7,12,15H,8-11H2,1H3,(H,23,25). The molecule has 1 saturated heterocycles. The first-order valence-corrected chi connectivity index (χ1v) is 8.56. The van der Waals surface area contributed by atoms with Crippen LogP contribution in [0.5, 0.6) is 0 Å². The molecule has 1 N–H and O–H groups in total. The van der Waals surface area contributed by atoms with Gasteiger partial charge in [0.05, 0.1) is 5.56 Å². The van der Waals surface area contributed by atoms with Gasteiger partial charge in [0.15, 0.2) is 0 Å². The largest absolute Gasteiger partial charge is 0.349 e. The number of nitrogens with one attached hydrogen (secondary N) is 1. The van der Waals surface area contributed by atoms with E-state index in [2.05, 4.69) is 5.32 Å². The van der Waals surface area contributed by atoms with Crippen LogP contribution < -0.4 is 5.32 Å². The Labute approximate surface area is 150 Å². The van der Waals surface area contributed by atoms with Crippen LogP contribution in [-0.4, -0.2) is 35.8 Å². The van der Waals surface area contributed by atoms with E-state index < -0.39 is 17.5 Å². The first-order valence-electron chi connectivity index (χ1n) is 8.56. The minimum absolute atomic E-state index is 0.0378. The fourth-order valence-electron chi connectivity index (χ4n) is 3.15. The Bertz CT molecular complexity index is 830. The van der Waals surface area contributed by atoms with Crippen LogP contribution in [-0.2, 0) is 0 Å². The van der Waals surface area contributed by atoms with Crippen molar-refractivity contribution >= 4 is 11.8 Å². The van der Waals surface area contributed by atoms with Gasteiger partial charge >= 0.3 is 0 Å². The van der Waals surface area contributed by atoms with Gasteiger partial charge in [-0.2, -0.15) is 0 Å². The molecule has 1 fully saturated rings. The molecule has 2 aromatic carbocycles. The number of rotatable bonds is 3. The third-order valence-corrected chi connectivity index (χ3v) is 4.67. The maximum absolute atomic E-state index is 13.8. The Kier molecular flexibility index (Phi) is 5.30. The van der Waals surface area contributed by atoms with Crippen LogP contribution in [0.25, 0.3) is 0 Å². The Morgan fingerprint density at radius 2 is 1.73 bits per heavy atom. The highest BCUT2D eigenvalue weighted by molar-refractivity contribution is 5.96. The maximum atomic E-state index is 13.8. The van der Waals surface area contributed by atoms with E-state index in [1.54, 1.807) is 6.07 Å². The lowest BCUT2D eigenvalue weighted by Crippen LogP contribution is -2.46. The Hall–Kier alpha value is -2.76. The number of aryl methyl sites for hydroxylation is 1. The normalized spacial score (nSPS) is 15.0. The van der Waals surface area contributed by atoms with E-state index in [0.29, 0.717) is 37.6 Å².